The summed E-state index contributed by atoms with van der Waals surface area (Å²) in [4.78, 5) is 23.2. The molecule has 6 nitrogen and oxygen atoms in total. The van der Waals surface area contributed by atoms with Crippen molar-refractivity contribution in [2.45, 2.75) is 41.2 Å². The van der Waals surface area contributed by atoms with Crippen LogP contribution in [0.3, 0.4) is 0 Å². The third kappa shape index (κ3) is 3.87. The predicted octanol–water partition coefficient (Wildman–Crippen LogP) is 0.693. The average molecular weight is 252 g/mol. The highest BCUT2D eigenvalue weighted by Gasteiger charge is 2.21. The second-order valence-corrected chi connectivity index (χ2v) is 5.34. The summed E-state index contributed by atoms with van der Waals surface area (Å²) in [6.45, 7) is 9.15. The van der Waals surface area contributed by atoms with E-state index in [4.69, 9.17) is 0 Å². The van der Waals surface area contributed by atoms with Crippen molar-refractivity contribution in [3.63, 3.8) is 0 Å². The van der Waals surface area contributed by atoms with E-state index in [0.29, 0.717) is 0 Å². The van der Waals surface area contributed by atoms with Crippen molar-refractivity contribution in [2.24, 2.45) is 5.41 Å². The lowest BCUT2D eigenvalue weighted by Crippen LogP contribution is -2.47. The number of hydrogen-bond donors (Lipinski definition) is 2. The van der Waals surface area contributed by atoms with Crippen molar-refractivity contribution < 1.29 is 9.59 Å². The van der Waals surface area contributed by atoms with Gasteiger partial charge in [-0.05, 0) is 19.9 Å². The summed E-state index contributed by atoms with van der Waals surface area (Å²) in [5.41, 5.74) is 6.00. The van der Waals surface area contributed by atoms with Gasteiger partial charge in [-0.25, -0.2) is 0 Å². The fourth-order valence-corrected chi connectivity index (χ4v) is 1.32. The summed E-state index contributed by atoms with van der Waals surface area (Å²) in [5, 5.41) is 4.17. The van der Waals surface area contributed by atoms with Gasteiger partial charge in [-0.3, -0.25) is 25.1 Å². The van der Waals surface area contributed by atoms with Gasteiger partial charge in [0.1, 0.15) is 6.54 Å². The van der Waals surface area contributed by atoms with Gasteiger partial charge in [0.25, 0.3) is 5.91 Å². The number of amides is 2. The first-order valence-electron chi connectivity index (χ1n) is 5.80. The molecule has 1 heterocycles. The van der Waals surface area contributed by atoms with Crippen LogP contribution in [0.2, 0.25) is 0 Å². The zero-order chi connectivity index (χ0) is 13.9. The second-order valence-electron chi connectivity index (χ2n) is 5.34. The number of nitrogens with one attached hydrogen (secondary N) is 2. The van der Waals surface area contributed by atoms with Crippen LogP contribution in [0, 0.1) is 19.3 Å². The van der Waals surface area contributed by atoms with Crippen LogP contribution in [0.25, 0.3) is 0 Å². The molecule has 2 amide bonds. The molecule has 1 aromatic heterocycles. The van der Waals surface area contributed by atoms with Gasteiger partial charge in [-0.15, -0.1) is 0 Å². The van der Waals surface area contributed by atoms with Crippen molar-refractivity contribution in [3.8, 4) is 0 Å². The van der Waals surface area contributed by atoms with Gasteiger partial charge in [0, 0.05) is 11.1 Å². The highest BCUT2D eigenvalue weighted by Crippen LogP contribution is 2.11. The summed E-state index contributed by atoms with van der Waals surface area (Å²) in [7, 11) is 0. The van der Waals surface area contributed by atoms with Crippen LogP contribution in [-0.4, -0.2) is 21.6 Å². The first-order chi connectivity index (χ1) is 8.20. The maximum Gasteiger partial charge on any atom is 0.260 e. The Kier molecular flexibility index (Phi) is 4.11. The second kappa shape index (κ2) is 5.20. The maximum atomic E-state index is 11.6. The summed E-state index contributed by atoms with van der Waals surface area (Å²) in [6.07, 6.45) is 0. The monoisotopic (exact) mass is 252 g/mol. The molecule has 0 unspecified atom stereocenters. The smallest absolute Gasteiger partial charge is 0.260 e. The molecule has 2 N–H and O–H groups in total. The van der Waals surface area contributed by atoms with Crippen molar-refractivity contribution in [1.29, 1.82) is 0 Å². The number of aryl methyl sites for hydroxylation is 2. The molecule has 0 aliphatic heterocycles. The van der Waals surface area contributed by atoms with Crippen molar-refractivity contribution >= 4 is 11.8 Å². The number of carbonyl (C=O) groups is 2. The van der Waals surface area contributed by atoms with E-state index in [1.165, 1.54) is 0 Å². The van der Waals surface area contributed by atoms with Crippen LogP contribution in [0.1, 0.15) is 32.2 Å². The van der Waals surface area contributed by atoms with E-state index in [9.17, 15) is 9.59 Å². The first-order valence-corrected chi connectivity index (χ1v) is 5.80. The third-order valence-electron chi connectivity index (χ3n) is 2.39. The van der Waals surface area contributed by atoms with Gasteiger partial charge in [0.2, 0.25) is 5.91 Å². The number of carbonyl (C=O) groups excluding carboxylic acids is 2. The number of rotatable bonds is 2. The Morgan fingerprint density at radius 3 is 2.33 bits per heavy atom. The Morgan fingerprint density at radius 1 is 1.28 bits per heavy atom. The molecule has 1 aromatic rings. The maximum absolute atomic E-state index is 11.6. The van der Waals surface area contributed by atoms with Gasteiger partial charge in [0.15, 0.2) is 0 Å². The number of hydrogen-bond acceptors (Lipinski definition) is 3. The summed E-state index contributed by atoms with van der Waals surface area (Å²) < 4.78 is 1.59. The van der Waals surface area contributed by atoms with Crippen LogP contribution < -0.4 is 10.9 Å². The zero-order valence-electron chi connectivity index (χ0n) is 11.5. The largest absolute Gasteiger partial charge is 0.273 e. The van der Waals surface area contributed by atoms with Crippen molar-refractivity contribution in [2.75, 3.05) is 0 Å². The first kappa shape index (κ1) is 14.2. The van der Waals surface area contributed by atoms with Crippen LogP contribution in [0.5, 0.6) is 0 Å². The van der Waals surface area contributed by atoms with Crippen molar-refractivity contribution in [1.82, 2.24) is 20.6 Å². The lowest BCUT2D eigenvalue weighted by atomic mass is 9.96. The Balaban J connectivity index is 2.48. The van der Waals surface area contributed by atoms with E-state index >= 15 is 0 Å². The molecule has 0 saturated carbocycles. The van der Waals surface area contributed by atoms with Gasteiger partial charge >= 0.3 is 0 Å². The number of hydrazine groups is 1. The fourth-order valence-electron chi connectivity index (χ4n) is 1.32. The van der Waals surface area contributed by atoms with Crippen LogP contribution >= 0.6 is 0 Å². The topological polar surface area (TPSA) is 76.0 Å². The lowest BCUT2D eigenvalue weighted by Gasteiger charge is -2.17. The summed E-state index contributed by atoms with van der Waals surface area (Å²) >= 11 is 0. The summed E-state index contributed by atoms with van der Waals surface area (Å²) in [5.74, 6) is -0.539. The molecule has 1 rings (SSSR count). The molecule has 0 bridgehead atoms. The normalized spacial score (nSPS) is 11.2. The third-order valence-corrected chi connectivity index (χ3v) is 2.39. The minimum atomic E-state index is -0.536. The molecule has 0 spiro atoms. The van der Waals surface area contributed by atoms with Gasteiger partial charge in [0.05, 0.1) is 5.69 Å². The molecule has 0 radical (unpaired) electrons. The quantitative estimate of drug-likeness (QED) is 0.760. The molecule has 100 valence electrons. The number of aromatic nitrogens is 2. The molecule has 0 aliphatic rings. The molecular formula is C12H20N4O2. The SMILES string of the molecule is Cc1cc(C)n(CC(=O)NNC(=O)C(C)(C)C)n1. The van der Waals surface area contributed by atoms with Crippen LogP contribution in [0.15, 0.2) is 6.07 Å². The predicted molar refractivity (Wildman–Crippen MR) is 67.4 cm³/mol. The highest BCUT2D eigenvalue weighted by molar-refractivity contribution is 5.84. The van der Waals surface area contributed by atoms with E-state index in [-0.39, 0.29) is 18.4 Å². The molecule has 0 fully saturated rings. The zero-order valence-corrected chi connectivity index (χ0v) is 11.5. The Morgan fingerprint density at radius 2 is 1.89 bits per heavy atom. The fraction of sp³-hybridized carbons (Fsp3) is 0.583. The van der Waals surface area contributed by atoms with E-state index in [1.54, 1.807) is 25.5 Å². The lowest BCUT2D eigenvalue weighted by molar-refractivity contribution is -0.134. The van der Waals surface area contributed by atoms with Gasteiger partial charge in [-0.1, -0.05) is 20.8 Å². The van der Waals surface area contributed by atoms with Crippen molar-refractivity contribution in [3.05, 3.63) is 17.5 Å². The van der Waals surface area contributed by atoms with Crippen LogP contribution in [0.4, 0.5) is 0 Å². The molecule has 0 aromatic carbocycles. The molecule has 0 atom stereocenters. The molecule has 18 heavy (non-hydrogen) atoms. The van der Waals surface area contributed by atoms with E-state index in [1.807, 2.05) is 19.9 Å². The highest BCUT2D eigenvalue weighted by atomic mass is 16.2. The van der Waals surface area contributed by atoms with Gasteiger partial charge < -0.3 is 0 Å². The summed E-state index contributed by atoms with van der Waals surface area (Å²) in [6, 6.07) is 1.89. The Hall–Kier alpha value is -1.85. The molecule has 6 heteroatoms. The molecular weight excluding hydrogens is 232 g/mol. The minimum Gasteiger partial charge on any atom is -0.273 e. The molecule has 0 saturated heterocycles. The molecule has 0 aliphatic carbocycles. The number of nitrogens with zero attached hydrogens (tertiary/aromatic N) is 2. The van der Waals surface area contributed by atoms with E-state index in [2.05, 4.69) is 16.0 Å². The van der Waals surface area contributed by atoms with E-state index in [0.717, 1.165) is 11.4 Å². The average Bonchev–Trinajstić information content (AvgIpc) is 2.52. The van der Waals surface area contributed by atoms with Gasteiger partial charge in [-0.2, -0.15) is 5.10 Å². The Labute approximate surface area is 107 Å². The van der Waals surface area contributed by atoms with Crippen LogP contribution in [-0.2, 0) is 16.1 Å². The standard InChI is InChI=1S/C12H20N4O2/c1-8-6-9(2)16(15-8)7-10(17)13-14-11(18)12(3,4)5/h6H,7H2,1-5H3,(H,13,17)(H,14,18). The van der Waals surface area contributed by atoms with E-state index < -0.39 is 5.41 Å². The Bertz CT molecular complexity index is 457. The minimum absolute atomic E-state index is 0.0874.